The molecule has 20 heavy (non-hydrogen) atoms. The summed E-state index contributed by atoms with van der Waals surface area (Å²) in [7, 11) is 0. The molecular formula is C15H17BrN2O2. The number of rotatable bonds is 5. The van der Waals surface area contributed by atoms with Gasteiger partial charge in [-0.15, -0.1) is 0 Å². The number of aromatic nitrogens is 1. The molecule has 0 amide bonds. The highest BCUT2D eigenvalue weighted by atomic mass is 79.9. The van der Waals surface area contributed by atoms with Crippen LogP contribution in [-0.2, 0) is 17.8 Å². The van der Waals surface area contributed by atoms with Crippen LogP contribution in [0.15, 0.2) is 39.3 Å². The number of halogens is 1. The maximum atomic E-state index is 5.73. The first-order valence-electron chi connectivity index (χ1n) is 6.83. The number of ether oxygens (including phenoxy) is 1. The fraction of sp³-hybridized carbons (Fsp3) is 0.400. The van der Waals surface area contributed by atoms with E-state index in [4.69, 9.17) is 9.26 Å². The lowest BCUT2D eigenvalue weighted by Crippen LogP contribution is -2.24. The highest BCUT2D eigenvalue weighted by Gasteiger charge is 2.15. The molecule has 1 aromatic carbocycles. The molecule has 0 spiro atoms. The lowest BCUT2D eigenvalue weighted by Gasteiger charge is -2.09. The third-order valence-electron chi connectivity index (χ3n) is 3.35. The largest absolute Gasteiger partial charge is 0.361 e. The Bertz CT molecular complexity index is 547. The van der Waals surface area contributed by atoms with Crippen molar-refractivity contribution in [1.29, 1.82) is 0 Å². The standard InChI is InChI=1S/C15H17BrN2O2/c16-12-5-3-11(4-6-12)8-14-9-13(18-20-14)10-19-15-2-1-7-17-15/h3-6,9,15,17H,1-2,7-8,10H2. The summed E-state index contributed by atoms with van der Waals surface area (Å²) in [5, 5.41) is 7.35. The summed E-state index contributed by atoms with van der Waals surface area (Å²) >= 11 is 3.43. The van der Waals surface area contributed by atoms with E-state index in [1.165, 1.54) is 12.0 Å². The molecule has 106 valence electrons. The highest BCUT2D eigenvalue weighted by Crippen LogP contribution is 2.16. The van der Waals surface area contributed by atoms with Crippen molar-refractivity contribution in [2.24, 2.45) is 0 Å². The van der Waals surface area contributed by atoms with Crippen LogP contribution in [0.4, 0.5) is 0 Å². The minimum Gasteiger partial charge on any atom is -0.361 e. The number of hydrogen-bond acceptors (Lipinski definition) is 4. The Morgan fingerprint density at radius 3 is 2.95 bits per heavy atom. The monoisotopic (exact) mass is 336 g/mol. The van der Waals surface area contributed by atoms with Gasteiger partial charge in [-0.25, -0.2) is 0 Å². The second-order valence-electron chi connectivity index (χ2n) is 4.98. The zero-order chi connectivity index (χ0) is 13.8. The maximum Gasteiger partial charge on any atom is 0.141 e. The predicted octanol–water partition coefficient (Wildman–Crippen LogP) is 3.25. The molecule has 1 unspecified atom stereocenters. The predicted molar refractivity (Wildman–Crippen MR) is 79.3 cm³/mol. The maximum absolute atomic E-state index is 5.73. The molecule has 1 saturated heterocycles. The Balaban J connectivity index is 1.54. The molecule has 0 bridgehead atoms. The van der Waals surface area contributed by atoms with Gasteiger partial charge in [0, 0.05) is 17.0 Å². The molecule has 1 aromatic heterocycles. The van der Waals surface area contributed by atoms with Crippen LogP contribution in [0.5, 0.6) is 0 Å². The Kier molecular flexibility index (Phi) is 4.50. The van der Waals surface area contributed by atoms with E-state index in [9.17, 15) is 0 Å². The molecule has 4 nitrogen and oxygen atoms in total. The van der Waals surface area contributed by atoms with Gasteiger partial charge in [0.05, 0.1) is 6.61 Å². The summed E-state index contributed by atoms with van der Waals surface area (Å²) in [4.78, 5) is 0. The van der Waals surface area contributed by atoms with E-state index in [2.05, 4.69) is 38.5 Å². The van der Waals surface area contributed by atoms with Crippen molar-refractivity contribution < 1.29 is 9.26 Å². The second kappa shape index (κ2) is 6.52. The van der Waals surface area contributed by atoms with Crippen LogP contribution >= 0.6 is 15.9 Å². The van der Waals surface area contributed by atoms with Crippen molar-refractivity contribution in [1.82, 2.24) is 10.5 Å². The minimum atomic E-state index is 0.168. The van der Waals surface area contributed by atoms with Gasteiger partial charge in [0.2, 0.25) is 0 Å². The van der Waals surface area contributed by atoms with E-state index in [1.807, 2.05) is 18.2 Å². The molecule has 1 atom stereocenters. The van der Waals surface area contributed by atoms with E-state index < -0.39 is 0 Å². The Hall–Kier alpha value is -1.17. The van der Waals surface area contributed by atoms with Gasteiger partial charge in [-0.3, -0.25) is 5.32 Å². The molecule has 1 aliphatic rings. The molecule has 2 aromatic rings. The molecule has 5 heteroatoms. The number of nitrogens with one attached hydrogen (secondary N) is 1. The van der Waals surface area contributed by atoms with Crippen molar-refractivity contribution in [2.75, 3.05) is 6.54 Å². The molecule has 1 N–H and O–H groups in total. The van der Waals surface area contributed by atoms with Gasteiger partial charge < -0.3 is 9.26 Å². The molecule has 3 rings (SSSR count). The summed E-state index contributed by atoms with van der Waals surface area (Å²) in [5.41, 5.74) is 2.06. The van der Waals surface area contributed by atoms with Crippen molar-refractivity contribution in [3.05, 3.63) is 51.8 Å². The van der Waals surface area contributed by atoms with Crippen molar-refractivity contribution >= 4 is 15.9 Å². The fourth-order valence-corrected chi connectivity index (χ4v) is 2.56. The van der Waals surface area contributed by atoms with Gasteiger partial charge in [0.1, 0.15) is 17.7 Å². The molecule has 0 radical (unpaired) electrons. The Labute approximate surface area is 126 Å². The lowest BCUT2D eigenvalue weighted by atomic mass is 10.1. The van der Waals surface area contributed by atoms with E-state index in [-0.39, 0.29) is 6.23 Å². The molecule has 0 saturated carbocycles. The summed E-state index contributed by atoms with van der Waals surface area (Å²) in [6.07, 6.45) is 3.17. The molecule has 1 aliphatic heterocycles. The van der Waals surface area contributed by atoms with Crippen LogP contribution < -0.4 is 5.32 Å². The van der Waals surface area contributed by atoms with Crippen molar-refractivity contribution in [3.8, 4) is 0 Å². The van der Waals surface area contributed by atoms with E-state index >= 15 is 0 Å². The van der Waals surface area contributed by atoms with Gasteiger partial charge in [0.25, 0.3) is 0 Å². The summed E-state index contributed by atoms with van der Waals surface area (Å²) in [6, 6.07) is 10.2. The normalized spacial score (nSPS) is 18.6. The van der Waals surface area contributed by atoms with Crippen LogP contribution in [0.1, 0.15) is 29.9 Å². The first-order valence-corrected chi connectivity index (χ1v) is 7.63. The molecular weight excluding hydrogens is 320 g/mol. The summed E-state index contributed by atoms with van der Waals surface area (Å²) in [6.45, 7) is 1.54. The quantitative estimate of drug-likeness (QED) is 0.910. The Morgan fingerprint density at radius 1 is 1.35 bits per heavy atom. The smallest absolute Gasteiger partial charge is 0.141 e. The fourth-order valence-electron chi connectivity index (χ4n) is 2.29. The zero-order valence-electron chi connectivity index (χ0n) is 11.1. The topological polar surface area (TPSA) is 47.3 Å². The first-order chi connectivity index (χ1) is 9.79. The van der Waals surface area contributed by atoms with Gasteiger partial charge >= 0.3 is 0 Å². The number of benzene rings is 1. The van der Waals surface area contributed by atoms with E-state index in [0.717, 1.165) is 35.3 Å². The third kappa shape index (κ3) is 3.69. The number of hydrogen-bond donors (Lipinski definition) is 1. The second-order valence-corrected chi connectivity index (χ2v) is 5.90. The van der Waals surface area contributed by atoms with Gasteiger partial charge in [-0.2, -0.15) is 0 Å². The van der Waals surface area contributed by atoms with E-state index in [0.29, 0.717) is 6.61 Å². The SMILES string of the molecule is Brc1ccc(Cc2cc(COC3CCCN3)no2)cc1. The van der Waals surface area contributed by atoms with Crippen LogP contribution in [-0.4, -0.2) is 17.9 Å². The Morgan fingerprint density at radius 2 is 2.20 bits per heavy atom. The third-order valence-corrected chi connectivity index (χ3v) is 3.88. The zero-order valence-corrected chi connectivity index (χ0v) is 12.7. The molecule has 2 heterocycles. The summed E-state index contributed by atoms with van der Waals surface area (Å²) < 4.78 is 12.2. The highest BCUT2D eigenvalue weighted by molar-refractivity contribution is 9.10. The minimum absolute atomic E-state index is 0.168. The average Bonchev–Trinajstić information content (AvgIpc) is 3.10. The van der Waals surface area contributed by atoms with Crippen LogP contribution in [0, 0.1) is 0 Å². The number of nitrogens with zero attached hydrogens (tertiary/aromatic N) is 1. The van der Waals surface area contributed by atoms with Crippen LogP contribution in [0.3, 0.4) is 0 Å². The lowest BCUT2D eigenvalue weighted by molar-refractivity contribution is 0.0281. The van der Waals surface area contributed by atoms with Crippen LogP contribution in [0.2, 0.25) is 0 Å². The van der Waals surface area contributed by atoms with Crippen molar-refractivity contribution in [2.45, 2.75) is 32.1 Å². The molecule has 1 fully saturated rings. The van der Waals surface area contributed by atoms with Gasteiger partial charge in [0.15, 0.2) is 0 Å². The van der Waals surface area contributed by atoms with Crippen LogP contribution in [0.25, 0.3) is 0 Å². The van der Waals surface area contributed by atoms with Crippen molar-refractivity contribution in [3.63, 3.8) is 0 Å². The average molecular weight is 337 g/mol. The van der Waals surface area contributed by atoms with Gasteiger partial charge in [-0.05, 0) is 37.1 Å². The van der Waals surface area contributed by atoms with Gasteiger partial charge in [-0.1, -0.05) is 33.2 Å². The first kappa shape index (κ1) is 13.8. The summed E-state index contributed by atoms with van der Waals surface area (Å²) in [5.74, 6) is 0.866. The van der Waals surface area contributed by atoms with E-state index in [1.54, 1.807) is 0 Å². The molecule has 0 aliphatic carbocycles.